The van der Waals surface area contributed by atoms with Gasteiger partial charge in [-0.25, -0.2) is 0 Å². The average Bonchev–Trinajstić information content (AvgIpc) is 2.46. The standard InChI is InChI=1S/C9H16O3/c1-6(10)8-5-9-7(12-8)3-2-4-11-9/h6-10H,2-5H2,1H3/t6-,7-,8+,9+/m1/s1. The van der Waals surface area contributed by atoms with Gasteiger partial charge in [-0.05, 0) is 19.8 Å². The van der Waals surface area contributed by atoms with Crippen LogP contribution in [0.25, 0.3) is 0 Å². The van der Waals surface area contributed by atoms with Crippen LogP contribution >= 0.6 is 0 Å². The van der Waals surface area contributed by atoms with E-state index in [4.69, 9.17) is 9.47 Å². The van der Waals surface area contributed by atoms with Gasteiger partial charge in [0.25, 0.3) is 0 Å². The first-order valence-electron chi connectivity index (χ1n) is 4.72. The molecule has 2 rings (SSSR count). The first kappa shape index (κ1) is 8.48. The second-order valence-corrected chi connectivity index (χ2v) is 3.74. The summed E-state index contributed by atoms with van der Waals surface area (Å²) in [5.74, 6) is 0. The van der Waals surface area contributed by atoms with Gasteiger partial charge in [-0.15, -0.1) is 0 Å². The molecule has 2 heterocycles. The van der Waals surface area contributed by atoms with Crippen molar-refractivity contribution in [1.82, 2.24) is 0 Å². The summed E-state index contributed by atoms with van der Waals surface area (Å²) in [5.41, 5.74) is 0. The molecule has 0 aromatic rings. The van der Waals surface area contributed by atoms with Crippen molar-refractivity contribution in [3.8, 4) is 0 Å². The van der Waals surface area contributed by atoms with Gasteiger partial charge in [-0.2, -0.15) is 0 Å². The second-order valence-electron chi connectivity index (χ2n) is 3.74. The summed E-state index contributed by atoms with van der Waals surface area (Å²) in [5, 5.41) is 9.32. The Bertz CT molecular complexity index is 144. The molecule has 70 valence electrons. The van der Waals surface area contributed by atoms with E-state index < -0.39 is 0 Å². The topological polar surface area (TPSA) is 38.7 Å². The van der Waals surface area contributed by atoms with Gasteiger partial charge in [0, 0.05) is 13.0 Å². The van der Waals surface area contributed by atoms with Gasteiger partial charge in [-0.3, -0.25) is 0 Å². The summed E-state index contributed by atoms with van der Waals surface area (Å²) < 4.78 is 11.2. The number of ether oxygens (including phenoxy) is 2. The zero-order chi connectivity index (χ0) is 8.55. The zero-order valence-corrected chi connectivity index (χ0v) is 7.40. The molecular weight excluding hydrogens is 156 g/mol. The molecule has 2 aliphatic rings. The quantitative estimate of drug-likeness (QED) is 0.633. The Labute approximate surface area is 72.7 Å². The fourth-order valence-electron chi connectivity index (χ4n) is 2.01. The zero-order valence-electron chi connectivity index (χ0n) is 7.40. The van der Waals surface area contributed by atoms with E-state index in [0.717, 1.165) is 25.9 Å². The van der Waals surface area contributed by atoms with Crippen LogP contribution in [0.2, 0.25) is 0 Å². The first-order chi connectivity index (χ1) is 5.77. The van der Waals surface area contributed by atoms with E-state index in [1.54, 1.807) is 6.92 Å². The Balaban J connectivity index is 1.94. The third-order valence-electron chi connectivity index (χ3n) is 2.73. The molecule has 1 N–H and O–H groups in total. The summed E-state index contributed by atoms with van der Waals surface area (Å²) in [6, 6.07) is 0. The molecule has 3 heteroatoms. The lowest BCUT2D eigenvalue weighted by atomic mass is 10.0. The Morgan fingerprint density at radius 2 is 2.25 bits per heavy atom. The Kier molecular flexibility index (Phi) is 2.35. The molecule has 2 fully saturated rings. The normalized spacial score (nSPS) is 44.0. The monoisotopic (exact) mass is 172 g/mol. The Morgan fingerprint density at radius 3 is 2.92 bits per heavy atom. The highest BCUT2D eigenvalue weighted by molar-refractivity contribution is 4.87. The smallest absolute Gasteiger partial charge is 0.0862 e. The molecule has 0 radical (unpaired) electrons. The molecule has 0 aromatic carbocycles. The molecule has 2 aliphatic heterocycles. The third kappa shape index (κ3) is 1.49. The van der Waals surface area contributed by atoms with E-state index >= 15 is 0 Å². The van der Waals surface area contributed by atoms with Gasteiger partial charge in [0.1, 0.15) is 0 Å². The van der Waals surface area contributed by atoms with Crippen LogP contribution in [0.3, 0.4) is 0 Å². The van der Waals surface area contributed by atoms with Crippen molar-refractivity contribution >= 4 is 0 Å². The van der Waals surface area contributed by atoms with Crippen molar-refractivity contribution in [2.45, 2.75) is 50.6 Å². The van der Waals surface area contributed by atoms with E-state index in [9.17, 15) is 5.11 Å². The predicted octanol–water partition coefficient (Wildman–Crippen LogP) is 0.704. The van der Waals surface area contributed by atoms with E-state index in [2.05, 4.69) is 0 Å². The van der Waals surface area contributed by atoms with E-state index in [1.165, 1.54) is 0 Å². The maximum atomic E-state index is 9.32. The second kappa shape index (κ2) is 3.32. The fourth-order valence-corrected chi connectivity index (χ4v) is 2.01. The SMILES string of the molecule is C[C@@H](O)[C@@H]1C[C@@H]2OCCC[C@H]2O1. The lowest BCUT2D eigenvalue weighted by Crippen LogP contribution is -2.29. The number of aliphatic hydroxyl groups excluding tert-OH is 1. The van der Waals surface area contributed by atoms with E-state index in [1.807, 2.05) is 0 Å². The summed E-state index contributed by atoms with van der Waals surface area (Å²) in [4.78, 5) is 0. The molecule has 0 unspecified atom stereocenters. The highest BCUT2D eigenvalue weighted by Gasteiger charge is 2.39. The molecule has 0 bridgehead atoms. The number of hydrogen-bond acceptors (Lipinski definition) is 3. The van der Waals surface area contributed by atoms with E-state index in [0.29, 0.717) is 0 Å². The minimum absolute atomic E-state index is 0.00176. The number of hydrogen-bond donors (Lipinski definition) is 1. The van der Waals surface area contributed by atoms with Gasteiger partial charge in [0.2, 0.25) is 0 Å². The molecule has 0 saturated carbocycles. The molecule has 0 amide bonds. The molecular formula is C9H16O3. The Hall–Kier alpha value is -0.120. The van der Waals surface area contributed by atoms with Gasteiger partial charge < -0.3 is 14.6 Å². The highest BCUT2D eigenvalue weighted by atomic mass is 16.6. The largest absolute Gasteiger partial charge is 0.391 e. The highest BCUT2D eigenvalue weighted by Crippen LogP contribution is 2.31. The molecule has 12 heavy (non-hydrogen) atoms. The van der Waals surface area contributed by atoms with Gasteiger partial charge in [0.05, 0.1) is 24.4 Å². The summed E-state index contributed by atoms with van der Waals surface area (Å²) in [6.45, 7) is 2.64. The molecule has 0 spiro atoms. The number of aliphatic hydroxyl groups is 1. The van der Waals surface area contributed by atoms with Crippen LogP contribution in [0.4, 0.5) is 0 Å². The molecule has 2 saturated heterocycles. The Morgan fingerprint density at radius 1 is 1.42 bits per heavy atom. The maximum absolute atomic E-state index is 9.32. The molecule has 0 aliphatic carbocycles. The molecule has 0 aromatic heterocycles. The van der Waals surface area contributed by atoms with Crippen LogP contribution in [-0.4, -0.2) is 36.1 Å². The lowest BCUT2D eigenvalue weighted by Gasteiger charge is -2.23. The predicted molar refractivity (Wildman–Crippen MR) is 43.9 cm³/mol. The van der Waals surface area contributed by atoms with E-state index in [-0.39, 0.29) is 24.4 Å². The van der Waals surface area contributed by atoms with Crippen molar-refractivity contribution in [3.63, 3.8) is 0 Å². The molecule has 3 nitrogen and oxygen atoms in total. The summed E-state index contributed by atoms with van der Waals surface area (Å²) in [7, 11) is 0. The summed E-state index contributed by atoms with van der Waals surface area (Å²) >= 11 is 0. The van der Waals surface area contributed by atoms with Gasteiger partial charge in [0.15, 0.2) is 0 Å². The maximum Gasteiger partial charge on any atom is 0.0862 e. The average molecular weight is 172 g/mol. The van der Waals surface area contributed by atoms with Gasteiger partial charge >= 0.3 is 0 Å². The minimum atomic E-state index is -0.362. The van der Waals surface area contributed by atoms with Crippen LogP contribution in [0, 0.1) is 0 Å². The number of fused-ring (bicyclic) bond motifs is 1. The third-order valence-corrected chi connectivity index (χ3v) is 2.73. The first-order valence-corrected chi connectivity index (χ1v) is 4.72. The van der Waals surface area contributed by atoms with Crippen molar-refractivity contribution < 1.29 is 14.6 Å². The van der Waals surface area contributed by atoms with Crippen molar-refractivity contribution in [3.05, 3.63) is 0 Å². The van der Waals surface area contributed by atoms with Crippen LogP contribution in [-0.2, 0) is 9.47 Å². The van der Waals surface area contributed by atoms with Crippen molar-refractivity contribution in [2.24, 2.45) is 0 Å². The lowest BCUT2D eigenvalue weighted by molar-refractivity contribution is -0.0742. The van der Waals surface area contributed by atoms with Crippen LogP contribution in [0.1, 0.15) is 26.2 Å². The van der Waals surface area contributed by atoms with Gasteiger partial charge in [-0.1, -0.05) is 0 Å². The fraction of sp³-hybridized carbons (Fsp3) is 1.00. The van der Waals surface area contributed by atoms with Crippen LogP contribution < -0.4 is 0 Å². The van der Waals surface area contributed by atoms with Crippen molar-refractivity contribution in [1.29, 1.82) is 0 Å². The van der Waals surface area contributed by atoms with Crippen LogP contribution in [0.15, 0.2) is 0 Å². The van der Waals surface area contributed by atoms with Crippen molar-refractivity contribution in [2.75, 3.05) is 6.61 Å². The number of rotatable bonds is 1. The summed E-state index contributed by atoms with van der Waals surface area (Å²) in [6.07, 6.45) is 3.18. The minimum Gasteiger partial charge on any atom is -0.391 e. The van der Waals surface area contributed by atoms with Crippen LogP contribution in [0.5, 0.6) is 0 Å². The molecule has 4 atom stereocenters.